The number of carbonyl (C=O) groups excluding carboxylic acids is 2. The van der Waals surface area contributed by atoms with Crippen molar-refractivity contribution in [3.05, 3.63) is 41.5 Å². The fourth-order valence-corrected chi connectivity index (χ4v) is 3.88. The van der Waals surface area contributed by atoms with Gasteiger partial charge >= 0.3 is 0 Å². The summed E-state index contributed by atoms with van der Waals surface area (Å²) in [6.45, 7) is 5.44. The van der Waals surface area contributed by atoms with Crippen molar-refractivity contribution in [2.75, 3.05) is 45.8 Å². The van der Waals surface area contributed by atoms with E-state index in [1.54, 1.807) is 4.90 Å². The Kier molecular flexibility index (Phi) is 7.75. The van der Waals surface area contributed by atoms with Crippen LogP contribution in [0.3, 0.4) is 0 Å². The summed E-state index contributed by atoms with van der Waals surface area (Å²) in [5.74, 6) is -2.00. The van der Waals surface area contributed by atoms with Crippen molar-refractivity contribution in [2.45, 2.75) is 32.1 Å². The molecule has 0 unspecified atom stereocenters. The van der Waals surface area contributed by atoms with E-state index in [2.05, 4.69) is 4.90 Å². The highest BCUT2D eigenvalue weighted by Crippen LogP contribution is 2.12. The first-order chi connectivity index (χ1) is 14.0. The van der Waals surface area contributed by atoms with Gasteiger partial charge in [-0.1, -0.05) is 12.5 Å². The van der Waals surface area contributed by atoms with Crippen LogP contribution in [-0.2, 0) is 9.59 Å². The van der Waals surface area contributed by atoms with Gasteiger partial charge in [0, 0.05) is 38.7 Å². The van der Waals surface area contributed by atoms with Crippen LogP contribution < -0.4 is 0 Å². The first-order valence-electron chi connectivity index (χ1n) is 10.4. The summed E-state index contributed by atoms with van der Waals surface area (Å²) in [5.41, 5.74) is 0.419. The quantitative estimate of drug-likeness (QED) is 0.684. The number of hydrogen-bond donors (Lipinski definition) is 0. The maximum Gasteiger partial charge on any atom is 0.246 e. The van der Waals surface area contributed by atoms with E-state index in [-0.39, 0.29) is 11.8 Å². The molecule has 2 aliphatic heterocycles. The summed E-state index contributed by atoms with van der Waals surface area (Å²) in [7, 11) is 0. The highest BCUT2D eigenvalue weighted by molar-refractivity contribution is 5.92. The van der Waals surface area contributed by atoms with Gasteiger partial charge in [0.05, 0.1) is 0 Å². The number of hydrogen-bond acceptors (Lipinski definition) is 3. The molecule has 1 aromatic carbocycles. The highest BCUT2D eigenvalue weighted by atomic mass is 19.2. The summed E-state index contributed by atoms with van der Waals surface area (Å²) in [6.07, 6.45) is 7.92. The molecular weight excluding hydrogens is 376 g/mol. The summed E-state index contributed by atoms with van der Waals surface area (Å²) in [6, 6.07) is 3.50. The fraction of sp³-hybridized carbons (Fsp3) is 0.545. The molecule has 7 heteroatoms. The van der Waals surface area contributed by atoms with E-state index in [1.165, 1.54) is 37.5 Å². The van der Waals surface area contributed by atoms with Gasteiger partial charge in [-0.25, -0.2) is 8.78 Å². The minimum atomic E-state index is -0.944. The fourth-order valence-electron chi connectivity index (χ4n) is 3.88. The molecule has 2 amide bonds. The van der Waals surface area contributed by atoms with E-state index in [4.69, 9.17) is 0 Å². The Morgan fingerprint density at radius 2 is 1.76 bits per heavy atom. The number of benzene rings is 1. The highest BCUT2D eigenvalue weighted by Gasteiger charge is 2.22. The van der Waals surface area contributed by atoms with Crippen molar-refractivity contribution >= 4 is 17.9 Å². The van der Waals surface area contributed by atoms with Crippen LogP contribution in [0.25, 0.3) is 6.08 Å². The average Bonchev–Trinajstić information content (AvgIpc) is 2.91. The molecule has 158 valence electrons. The van der Waals surface area contributed by atoms with Gasteiger partial charge in [-0.2, -0.15) is 0 Å². The van der Waals surface area contributed by atoms with E-state index >= 15 is 0 Å². The topological polar surface area (TPSA) is 43.9 Å². The molecule has 0 aliphatic carbocycles. The lowest BCUT2D eigenvalue weighted by Gasteiger charge is -2.28. The second kappa shape index (κ2) is 10.5. The lowest BCUT2D eigenvalue weighted by atomic mass is 10.1. The molecule has 2 saturated heterocycles. The molecule has 0 spiro atoms. The predicted octanol–water partition coefficient (Wildman–Crippen LogP) is 2.91. The summed E-state index contributed by atoms with van der Waals surface area (Å²) < 4.78 is 26.3. The SMILES string of the molecule is O=C(C=Cc1ccc(F)c(F)c1)N1CCC(=O)N(CCCN2CCCCC2)CC1. The number of amides is 2. The lowest BCUT2D eigenvalue weighted by molar-refractivity contribution is -0.130. The van der Waals surface area contributed by atoms with Gasteiger partial charge in [0.15, 0.2) is 11.6 Å². The van der Waals surface area contributed by atoms with Crippen molar-refractivity contribution in [3.63, 3.8) is 0 Å². The molecule has 29 heavy (non-hydrogen) atoms. The van der Waals surface area contributed by atoms with Gasteiger partial charge in [0.25, 0.3) is 0 Å². The lowest BCUT2D eigenvalue weighted by Crippen LogP contribution is -2.37. The Balaban J connectivity index is 1.47. The monoisotopic (exact) mass is 405 g/mol. The van der Waals surface area contributed by atoms with Gasteiger partial charge in [0.2, 0.25) is 11.8 Å². The van der Waals surface area contributed by atoms with Crippen LogP contribution in [0, 0.1) is 11.6 Å². The second-order valence-electron chi connectivity index (χ2n) is 7.72. The number of piperidine rings is 1. The van der Waals surface area contributed by atoms with E-state index in [1.807, 2.05) is 4.90 Å². The van der Waals surface area contributed by atoms with E-state index in [0.717, 1.165) is 44.7 Å². The van der Waals surface area contributed by atoms with E-state index < -0.39 is 11.6 Å². The summed E-state index contributed by atoms with van der Waals surface area (Å²) in [5, 5.41) is 0. The minimum Gasteiger partial charge on any atom is -0.341 e. The first kappa shape index (κ1) is 21.4. The average molecular weight is 405 g/mol. The molecule has 0 N–H and O–H groups in total. The Morgan fingerprint density at radius 1 is 0.966 bits per heavy atom. The number of likely N-dealkylation sites (tertiary alicyclic amines) is 1. The minimum absolute atomic E-state index is 0.0866. The molecule has 2 aliphatic rings. The van der Waals surface area contributed by atoms with E-state index in [0.29, 0.717) is 31.6 Å². The van der Waals surface area contributed by atoms with Gasteiger partial charge in [0.1, 0.15) is 0 Å². The Bertz CT molecular complexity index is 748. The van der Waals surface area contributed by atoms with Crippen LogP contribution in [-0.4, -0.2) is 72.3 Å². The van der Waals surface area contributed by atoms with E-state index in [9.17, 15) is 18.4 Å². The normalized spacial score (nSPS) is 19.0. The van der Waals surface area contributed by atoms with Gasteiger partial charge in [-0.3, -0.25) is 9.59 Å². The summed E-state index contributed by atoms with van der Waals surface area (Å²) >= 11 is 0. The third-order valence-corrected chi connectivity index (χ3v) is 5.61. The number of carbonyl (C=O) groups is 2. The first-order valence-corrected chi connectivity index (χ1v) is 10.4. The third kappa shape index (κ3) is 6.35. The second-order valence-corrected chi connectivity index (χ2v) is 7.72. The maximum absolute atomic E-state index is 13.3. The maximum atomic E-state index is 13.3. The molecule has 2 heterocycles. The van der Waals surface area contributed by atoms with Crippen LogP contribution in [0.2, 0.25) is 0 Å². The van der Waals surface area contributed by atoms with Crippen molar-refractivity contribution in [1.82, 2.24) is 14.7 Å². The number of rotatable bonds is 6. The van der Waals surface area contributed by atoms with Gasteiger partial charge in [-0.15, -0.1) is 0 Å². The molecular formula is C22H29F2N3O2. The largest absolute Gasteiger partial charge is 0.341 e. The molecule has 3 rings (SSSR count). The predicted molar refractivity (Wildman–Crippen MR) is 108 cm³/mol. The Morgan fingerprint density at radius 3 is 2.52 bits per heavy atom. The smallest absolute Gasteiger partial charge is 0.246 e. The molecule has 0 radical (unpaired) electrons. The van der Waals surface area contributed by atoms with Crippen LogP contribution in [0.4, 0.5) is 8.78 Å². The van der Waals surface area contributed by atoms with Gasteiger partial charge < -0.3 is 14.7 Å². The summed E-state index contributed by atoms with van der Waals surface area (Å²) in [4.78, 5) is 30.8. The standard InChI is InChI=1S/C22H29F2N3O2/c23-19-7-5-18(17-20(19)24)6-8-21(28)27-14-9-22(29)26(15-16-27)13-4-12-25-10-2-1-3-11-25/h5-8,17H,1-4,9-16H2. The Hall–Kier alpha value is -2.28. The third-order valence-electron chi connectivity index (χ3n) is 5.61. The molecule has 0 aromatic heterocycles. The van der Waals surface area contributed by atoms with Crippen molar-refractivity contribution in [1.29, 1.82) is 0 Å². The van der Waals surface area contributed by atoms with Crippen molar-refractivity contribution in [2.24, 2.45) is 0 Å². The molecule has 2 fully saturated rings. The van der Waals surface area contributed by atoms with Crippen LogP contribution in [0.1, 0.15) is 37.7 Å². The Labute approximate surface area is 171 Å². The molecule has 0 atom stereocenters. The molecule has 5 nitrogen and oxygen atoms in total. The van der Waals surface area contributed by atoms with Gasteiger partial charge in [-0.05, 0) is 62.7 Å². The van der Waals surface area contributed by atoms with Crippen molar-refractivity contribution in [3.8, 4) is 0 Å². The zero-order valence-corrected chi connectivity index (χ0v) is 16.8. The zero-order chi connectivity index (χ0) is 20.6. The number of halogens is 2. The zero-order valence-electron chi connectivity index (χ0n) is 16.8. The molecule has 0 bridgehead atoms. The van der Waals surface area contributed by atoms with Crippen LogP contribution in [0.5, 0.6) is 0 Å². The molecule has 1 aromatic rings. The molecule has 0 saturated carbocycles. The van der Waals surface area contributed by atoms with Crippen LogP contribution in [0.15, 0.2) is 24.3 Å². The van der Waals surface area contributed by atoms with Crippen LogP contribution >= 0.6 is 0 Å². The number of nitrogens with zero attached hydrogens (tertiary/aromatic N) is 3. The van der Waals surface area contributed by atoms with Crippen molar-refractivity contribution < 1.29 is 18.4 Å².